The predicted molar refractivity (Wildman–Crippen MR) is 87.3 cm³/mol. The van der Waals surface area contributed by atoms with E-state index in [1.165, 1.54) is 23.5 Å². The van der Waals surface area contributed by atoms with Crippen LogP contribution in [0.1, 0.15) is 37.2 Å². The number of hydrogen-bond donors (Lipinski definition) is 2. The third-order valence-corrected chi connectivity index (χ3v) is 4.84. The van der Waals surface area contributed by atoms with Gasteiger partial charge >= 0.3 is 0 Å². The maximum absolute atomic E-state index is 12.9. The van der Waals surface area contributed by atoms with Crippen LogP contribution in [0.3, 0.4) is 0 Å². The molecule has 6 heteroatoms. The number of rotatable bonds is 6. The van der Waals surface area contributed by atoms with Crippen molar-refractivity contribution in [3.8, 4) is 10.6 Å². The van der Waals surface area contributed by atoms with Crippen molar-refractivity contribution in [3.63, 3.8) is 0 Å². The zero-order valence-corrected chi connectivity index (χ0v) is 13.5. The van der Waals surface area contributed by atoms with Crippen LogP contribution in [0.25, 0.3) is 10.6 Å². The summed E-state index contributed by atoms with van der Waals surface area (Å²) >= 11 is 1.36. The second-order valence-corrected chi connectivity index (χ2v) is 6.05. The van der Waals surface area contributed by atoms with Gasteiger partial charge in [0.05, 0.1) is 5.54 Å². The van der Waals surface area contributed by atoms with Crippen LogP contribution in [0.4, 0.5) is 4.39 Å². The molecule has 0 saturated carbocycles. The third-order valence-electron chi connectivity index (χ3n) is 3.95. The summed E-state index contributed by atoms with van der Waals surface area (Å²) in [5.41, 5.74) is 6.56. The lowest BCUT2D eigenvalue weighted by atomic mass is 9.93. The first-order valence-electron chi connectivity index (χ1n) is 7.27. The van der Waals surface area contributed by atoms with Crippen LogP contribution < -0.4 is 11.1 Å². The van der Waals surface area contributed by atoms with E-state index in [0.717, 1.165) is 18.4 Å². The first-order valence-corrected chi connectivity index (χ1v) is 8.15. The fourth-order valence-corrected chi connectivity index (χ4v) is 2.98. The summed E-state index contributed by atoms with van der Waals surface area (Å²) in [5.74, 6) is -0.518. The highest BCUT2D eigenvalue weighted by Gasteiger charge is 2.27. The number of nitrogens with one attached hydrogen (secondary N) is 1. The van der Waals surface area contributed by atoms with E-state index < -0.39 is 5.54 Å². The van der Waals surface area contributed by atoms with Crippen LogP contribution in [0.15, 0.2) is 29.6 Å². The quantitative estimate of drug-likeness (QED) is 0.858. The Hall–Kier alpha value is -1.79. The molecule has 22 heavy (non-hydrogen) atoms. The van der Waals surface area contributed by atoms with Crippen LogP contribution in [0, 0.1) is 5.82 Å². The molecule has 1 heterocycles. The Morgan fingerprint density at radius 2 is 1.95 bits per heavy atom. The molecular formula is C16H20FN3OS. The van der Waals surface area contributed by atoms with Crippen molar-refractivity contribution in [1.29, 1.82) is 0 Å². The SMILES string of the molecule is CCC(CC)(CN)NC(=O)c1csc(-c2ccc(F)cc2)n1. The average molecular weight is 321 g/mol. The highest BCUT2D eigenvalue weighted by molar-refractivity contribution is 7.13. The maximum atomic E-state index is 12.9. The van der Waals surface area contributed by atoms with Crippen molar-refractivity contribution >= 4 is 17.2 Å². The molecule has 4 nitrogen and oxygen atoms in total. The monoisotopic (exact) mass is 321 g/mol. The smallest absolute Gasteiger partial charge is 0.271 e. The summed E-state index contributed by atoms with van der Waals surface area (Å²) in [4.78, 5) is 16.7. The molecule has 0 aliphatic rings. The van der Waals surface area contributed by atoms with Gasteiger partial charge in [-0.05, 0) is 37.1 Å². The fourth-order valence-electron chi connectivity index (χ4n) is 2.17. The highest BCUT2D eigenvalue weighted by atomic mass is 32.1. The van der Waals surface area contributed by atoms with Crippen LogP contribution in [0.2, 0.25) is 0 Å². The van der Waals surface area contributed by atoms with E-state index in [2.05, 4.69) is 10.3 Å². The van der Waals surface area contributed by atoms with E-state index in [1.807, 2.05) is 13.8 Å². The zero-order valence-electron chi connectivity index (χ0n) is 12.7. The summed E-state index contributed by atoms with van der Waals surface area (Å²) in [6, 6.07) is 6.06. The number of benzene rings is 1. The number of halogens is 1. The number of nitrogens with two attached hydrogens (primary N) is 1. The highest BCUT2D eigenvalue weighted by Crippen LogP contribution is 2.24. The van der Waals surface area contributed by atoms with Crippen LogP contribution in [-0.2, 0) is 0 Å². The van der Waals surface area contributed by atoms with Crippen LogP contribution in [0.5, 0.6) is 0 Å². The van der Waals surface area contributed by atoms with E-state index in [1.54, 1.807) is 17.5 Å². The molecule has 0 bridgehead atoms. The summed E-state index contributed by atoms with van der Waals surface area (Å²) in [6.45, 7) is 4.39. The number of carbonyl (C=O) groups is 1. The third kappa shape index (κ3) is 3.51. The minimum atomic E-state index is -0.392. The Labute approximate surface area is 133 Å². The molecule has 2 rings (SSSR count). The summed E-state index contributed by atoms with van der Waals surface area (Å²) < 4.78 is 12.9. The van der Waals surface area contributed by atoms with Gasteiger partial charge in [0.25, 0.3) is 5.91 Å². The predicted octanol–water partition coefficient (Wildman–Crippen LogP) is 3.20. The van der Waals surface area contributed by atoms with Gasteiger partial charge in [0.15, 0.2) is 0 Å². The molecule has 1 amide bonds. The summed E-state index contributed by atoms with van der Waals surface area (Å²) in [7, 11) is 0. The van der Waals surface area contributed by atoms with Crippen LogP contribution in [-0.4, -0.2) is 23.0 Å². The average Bonchev–Trinajstić information content (AvgIpc) is 3.03. The van der Waals surface area contributed by atoms with Gasteiger partial charge in [-0.1, -0.05) is 13.8 Å². The van der Waals surface area contributed by atoms with E-state index in [4.69, 9.17) is 5.73 Å². The zero-order chi connectivity index (χ0) is 16.2. The normalized spacial score (nSPS) is 11.5. The molecule has 118 valence electrons. The number of aromatic nitrogens is 1. The van der Waals surface area contributed by atoms with Crippen molar-refractivity contribution in [1.82, 2.24) is 10.3 Å². The number of amides is 1. The molecule has 1 aromatic carbocycles. The fraction of sp³-hybridized carbons (Fsp3) is 0.375. The first-order chi connectivity index (χ1) is 10.5. The summed E-state index contributed by atoms with van der Waals surface area (Å²) in [6.07, 6.45) is 1.53. The van der Waals surface area contributed by atoms with Gasteiger partial charge in [-0.15, -0.1) is 11.3 Å². The molecule has 0 atom stereocenters. The Bertz CT molecular complexity index is 627. The second-order valence-electron chi connectivity index (χ2n) is 5.19. The molecule has 3 N–H and O–H groups in total. The Morgan fingerprint density at radius 3 is 2.50 bits per heavy atom. The first kappa shape index (κ1) is 16.6. The number of hydrogen-bond acceptors (Lipinski definition) is 4. The molecule has 2 aromatic rings. The molecule has 0 radical (unpaired) electrons. The van der Waals surface area contributed by atoms with E-state index in [0.29, 0.717) is 17.2 Å². The van der Waals surface area contributed by atoms with Gasteiger partial charge in [0.2, 0.25) is 0 Å². The van der Waals surface area contributed by atoms with E-state index in [-0.39, 0.29) is 11.7 Å². The maximum Gasteiger partial charge on any atom is 0.271 e. The van der Waals surface area contributed by atoms with Crippen molar-refractivity contribution in [2.24, 2.45) is 5.73 Å². The van der Waals surface area contributed by atoms with Crippen molar-refractivity contribution < 1.29 is 9.18 Å². The number of carbonyl (C=O) groups excluding carboxylic acids is 1. The van der Waals surface area contributed by atoms with Gasteiger partial charge in [-0.3, -0.25) is 4.79 Å². The molecular weight excluding hydrogens is 301 g/mol. The lowest BCUT2D eigenvalue weighted by Gasteiger charge is -2.31. The van der Waals surface area contributed by atoms with Gasteiger partial charge in [-0.2, -0.15) is 0 Å². The summed E-state index contributed by atoms with van der Waals surface area (Å²) in [5, 5.41) is 5.39. The van der Waals surface area contributed by atoms with Crippen LogP contribution >= 0.6 is 11.3 Å². The topological polar surface area (TPSA) is 68.0 Å². The molecule has 0 saturated heterocycles. The molecule has 0 spiro atoms. The van der Waals surface area contributed by atoms with Gasteiger partial charge < -0.3 is 11.1 Å². The van der Waals surface area contributed by atoms with E-state index in [9.17, 15) is 9.18 Å². The van der Waals surface area contributed by atoms with Gasteiger partial charge in [0, 0.05) is 17.5 Å². The molecule has 0 aliphatic carbocycles. The molecule has 0 fully saturated rings. The van der Waals surface area contributed by atoms with Gasteiger partial charge in [0.1, 0.15) is 16.5 Å². The number of nitrogens with zero attached hydrogens (tertiary/aromatic N) is 1. The molecule has 1 aromatic heterocycles. The largest absolute Gasteiger partial charge is 0.344 e. The minimum absolute atomic E-state index is 0.223. The van der Waals surface area contributed by atoms with Gasteiger partial charge in [-0.25, -0.2) is 9.37 Å². The Balaban J connectivity index is 2.17. The van der Waals surface area contributed by atoms with E-state index >= 15 is 0 Å². The minimum Gasteiger partial charge on any atom is -0.344 e. The van der Waals surface area contributed by atoms with Crippen molar-refractivity contribution in [2.75, 3.05) is 6.54 Å². The number of thiazole rings is 1. The molecule has 0 unspecified atom stereocenters. The van der Waals surface area contributed by atoms with Crippen molar-refractivity contribution in [2.45, 2.75) is 32.2 Å². The second kappa shape index (κ2) is 6.98. The van der Waals surface area contributed by atoms with Crippen molar-refractivity contribution in [3.05, 3.63) is 41.2 Å². The Kier molecular flexibility index (Phi) is 5.26. The standard InChI is InChI=1S/C16H20FN3OS/c1-3-16(4-2,10-18)20-14(21)13-9-22-15(19-13)11-5-7-12(17)8-6-11/h5-9H,3-4,10,18H2,1-2H3,(H,20,21). The Morgan fingerprint density at radius 1 is 1.32 bits per heavy atom. The lowest BCUT2D eigenvalue weighted by Crippen LogP contribution is -2.52. The molecule has 0 aliphatic heterocycles. The lowest BCUT2D eigenvalue weighted by molar-refractivity contribution is 0.0891.